The predicted octanol–water partition coefficient (Wildman–Crippen LogP) is 1.93. The molecular weight excluding hydrogens is 298 g/mol. The minimum atomic E-state index is -1.19. The van der Waals surface area contributed by atoms with Gasteiger partial charge in [0.1, 0.15) is 11.0 Å². The molecule has 0 aliphatic rings. The lowest BCUT2D eigenvalue weighted by Crippen LogP contribution is -2.01. The number of rotatable bonds is 3. The van der Waals surface area contributed by atoms with Gasteiger partial charge in [-0.1, -0.05) is 11.6 Å². The van der Waals surface area contributed by atoms with E-state index in [1.54, 1.807) is 41.8 Å². The van der Waals surface area contributed by atoms with Gasteiger partial charge in [0.05, 0.1) is 23.1 Å². The van der Waals surface area contributed by atoms with Crippen molar-refractivity contribution < 1.29 is 4.21 Å². The van der Waals surface area contributed by atoms with E-state index >= 15 is 0 Å². The Morgan fingerprint density at radius 1 is 1.30 bits per heavy atom. The molecule has 0 amide bonds. The van der Waals surface area contributed by atoms with Crippen LogP contribution in [0, 0.1) is 0 Å². The zero-order chi connectivity index (χ0) is 14.1. The summed E-state index contributed by atoms with van der Waals surface area (Å²) in [5.74, 6) is 0. The molecule has 0 saturated carbocycles. The average Bonchev–Trinajstić information content (AvgIpc) is 3.06. The fourth-order valence-corrected chi connectivity index (χ4v) is 2.40. The van der Waals surface area contributed by atoms with Gasteiger partial charge < -0.3 is 0 Å². The molecule has 0 aliphatic carbocycles. The Balaban J connectivity index is 2.02. The molecule has 20 heavy (non-hydrogen) atoms. The first-order chi connectivity index (χ1) is 9.65. The highest BCUT2D eigenvalue weighted by molar-refractivity contribution is 7.82. The van der Waals surface area contributed by atoms with Crippen LogP contribution in [-0.2, 0) is 11.0 Å². The second kappa shape index (κ2) is 5.18. The first kappa shape index (κ1) is 13.0. The van der Waals surface area contributed by atoms with Crippen LogP contribution < -0.4 is 0 Å². The molecule has 8 heteroatoms. The van der Waals surface area contributed by atoms with E-state index in [0.717, 1.165) is 5.69 Å². The summed E-state index contributed by atoms with van der Waals surface area (Å²) in [6.45, 7) is 0. The van der Waals surface area contributed by atoms with Gasteiger partial charge in [-0.25, -0.2) is 8.89 Å². The fraction of sp³-hybridized carbons (Fsp3) is 0.0833. The standard InChI is InChI=1S/C12H10ClN5OS/c1-20(19)18-6-4-11(15-18)10-8-17(16-12(10)13)9-3-2-5-14-7-9/h2-8H,1H3. The Kier molecular flexibility index (Phi) is 3.37. The van der Waals surface area contributed by atoms with Crippen molar-refractivity contribution in [3.8, 4) is 16.9 Å². The third-order valence-electron chi connectivity index (χ3n) is 2.69. The van der Waals surface area contributed by atoms with Crippen LogP contribution in [0.1, 0.15) is 0 Å². The molecule has 102 valence electrons. The van der Waals surface area contributed by atoms with E-state index in [0.29, 0.717) is 16.4 Å². The lowest BCUT2D eigenvalue weighted by Gasteiger charge is -1.97. The molecule has 3 heterocycles. The highest BCUT2D eigenvalue weighted by atomic mass is 35.5. The molecular formula is C12H10ClN5OS. The van der Waals surface area contributed by atoms with Crippen molar-refractivity contribution in [2.24, 2.45) is 0 Å². The Bertz CT molecular complexity index is 767. The Morgan fingerprint density at radius 2 is 2.15 bits per heavy atom. The first-order valence-corrected chi connectivity index (χ1v) is 7.60. The second-order valence-corrected chi connectivity index (χ2v) is 5.60. The highest BCUT2D eigenvalue weighted by Crippen LogP contribution is 2.26. The third kappa shape index (κ3) is 2.37. The van der Waals surface area contributed by atoms with Crippen molar-refractivity contribution in [1.82, 2.24) is 24.0 Å². The maximum absolute atomic E-state index is 11.4. The molecule has 3 rings (SSSR count). The summed E-state index contributed by atoms with van der Waals surface area (Å²) in [5.41, 5.74) is 2.11. The molecule has 0 radical (unpaired) electrons. The number of pyridine rings is 1. The molecule has 0 spiro atoms. The van der Waals surface area contributed by atoms with Gasteiger partial charge in [-0.15, -0.1) is 0 Å². The van der Waals surface area contributed by atoms with Crippen molar-refractivity contribution in [3.05, 3.63) is 48.1 Å². The molecule has 0 aromatic carbocycles. The van der Waals surface area contributed by atoms with Crippen LogP contribution >= 0.6 is 11.6 Å². The van der Waals surface area contributed by atoms with E-state index in [1.165, 1.54) is 4.09 Å². The van der Waals surface area contributed by atoms with Crippen LogP contribution in [0.2, 0.25) is 5.15 Å². The summed E-state index contributed by atoms with van der Waals surface area (Å²) in [6.07, 6.45) is 8.34. The summed E-state index contributed by atoms with van der Waals surface area (Å²) in [6, 6.07) is 5.44. The number of hydrogen-bond acceptors (Lipinski definition) is 4. The van der Waals surface area contributed by atoms with E-state index in [9.17, 15) is 4.21 Å². The van der Waals surface area contributed by atoms with Gasteiger partial charge in [0.25, 0.3) is 0 Å². The van der Waals surface area contributed by atoms with Gasteiger partial charge in [-0.05, 0) is 18.2 Å². The van der Waals surface area contributed by atoms with Crippen LogP contribution in [0.4, 0.5) is 0 Å². The van der Waals surface area contributed by atoms with E-state index < -0.39 is 11.0 Å². The summed E-state index contributed by atoms with van der Waals surface area (Å²) >= 11 is 6.14. The lowest BCUT2D eigenvalue weighted by molar-refractivity contribution is 0.675. The molecule has 1 unspecified atom stereocenters. The van der Waals surface area contributed by atoms with Crippen LogP contribution in [0.5, 0.6) is 0 Å². The quantitative estimate of drug-likeness (QED) is 0.741. The summed E-state index contributed by atoms with van der Waals surface area (Å²) in [7, 11) is -1.19. The van der Waals surface area contributed by atoms with Crippen molar-refractivity contribution in [2.45, 2.75) is 0 Å². The fourth-order valence-electron chi connectivity index (χ4n) is 1.74. The molecule has 3 aromatic rings. The number of hydrogen-bond donors (Lipinski definition) is 0. The zero-order valence-electron chi connectivity index (χ0n) is 10.5. The Hall–Kier alpha value is -1.99. The topological polar surface area (TPSA) is 65.6 Å². The molecule has 3 aromatic heterocycles. The maximum atomic E-state index is 11.4. The van der Waals surface area contributed by atoms with Gasteiger partial charge in [0.15, 0.2) is 5.15 Å². The minimum absolute atomic E-state index is 0.334. The van der Waals surface area contributed by atoms with E-state index in [1.807, 2.05) is 12.1 Å². The van der Waals surface area contributed by atoms with Gasteiger partial charge >= 0.3 is 0 Å². The van der Waals surface area contributed by atoms with Gasteiger partial charge in [0.2, 0.25) is 0 Å². The predicted molar refractivity (Wildman–Crippen MR) is 77.1 cm³/mol. The number of aromatic nitrogens is 5. The zero-order valence-corrected chi connectivity index (χ0v) is 12.0. The summed E-state index contributed by atoms with van der Waals surface area (Å²) in [5, 5.41) is 8.77. The molecule has 0 bridgehead atoms. The van der Waals surface area contributed by atoms with Crippen LogP contribution in [0.15, 0.2) is 43.0 Å². The normalized spacial score (nSPS) is 12.5. The van der Waals surface area contributed by atoms with Gasteiger partial charge in [0, 0.05) is 24.8 Å². The van der Waals surface area contributed by atoms with Crippen molar-refractivity contribution in [2.75, 3.05) is 6.26 Å². The highest BCUT2D eigenvalue weighted by Gasteiger charge is 2.13. The minimum Gasteiger partial charge on any atom is -0.262 e. The monoisotopic (exact) mass is 307 g/mol. The van der Waals surface area contributed by atoms with Gasteiger partial charge in [-0.2, -0.15) is 14.3 Å². The molecule has 0 N–H and O–H groups in total. The maximum Gasteiger partial charge on any atom is 0.160 e. The van der Waals surface area contributed by atoms with E-state index in [-0.39, 0.29) is 0 Å². The molecule has 0 fully saturated rings. The SMILES string of the molecule is CS(=O)n1ccc(-c2cn(-c3cccnc3)nc2Cl)n1. The van der Waals surface area contributed by atoms with Crippen molar-refractivity contribution in [3.63, 3.8) is 0 Å². The van der Waals surface area contributed by atoms with Crippen LogP contribution in [0.25, 0.3) is 16.9 Å². The van der Waals surface area contributed by atoms with Crippen LogP contribution in [-0.4, -0.2) is 34.4 Å². The van der Waals surface area contributed by atoms with E-state index in [2.05, 4.69) is 15.2 Å². The summed E-state index contributed by atoms with van der Waals surface area (Å²) in [4.78, 5) is 4.04. The smallest absolute Gasteiger partial charge is 0.160 e. The number of nitrogens with zero attached hydrogens (tertiary/aromatic N) is 5. The average molecular weight is 308 g/mol. The second-order valence-electron chi connectivity index (χ2n) is 4.02. The molecule has 6 nitrogen and oxygen atoms in total. The largest absolute Gasteiger partial charge is 0.262 e. The molecule has 0 saturated heterocycles. The van der Waals surface area contributed by atoms with Crippen LogP contribution in [0.3, 0.4) is 0 Å². The Labute approximate surface area is 122 Å². The molecule has 0 aliphatic heterocycles. The van der Waals surface area contributed by atoms with E-state index in [4.69, 9.17) is 11.6 Å². The Morgan fingerprint density at radius 3 is 2.80 bits per heavy atom. The van der Waals surface area contributed by atoms with Crippen molar-refractivity contribution in [1.29, 1.82) is 0 Å². The first-order valence-electron chi connectivity index (χ1n) is 5.70. The third-order valence-corrected chi connectivity index (χ3v) is 3.69. The van der Waals surface area contributed by atoms with Crippen molar-refractivity contribution >= 4 is 22.6 Å². The lowest BCUT2D eigenvalue weighted by atomic mass is 10.3. The molecule has 1 atom stereocenters. The van der Waals surface area contributed by atoms with Gasteiger partial charge in [-0.3, -0.25) is 4.98 Å². The summed E-state index contributed by atoms with van der Waals surface area (Å²) < 4.78 is 14.4. The number of halogens is 1.